The van der Waals surface area contributed by atoms with Crippen molar-refractivity contribution in [2.45, 2.75) is 11.9 Å². The van der Waals surface area contributed by atoms with E-state index in [2.05, 4.69) is 25.6 Å². The summed E-state index contributed by atoms with van der Waals surface area (Å²) in [5.74, 6) is 1.58. The second-order valence-electron chi connectivity index (χ2n) is 6.21. The van der Waals surface area contributed by atoms with Crippen LogP contribution in [0.2, 0.25) is 0 Å². The molecule has 2 N–H and O–H groups in total. The maximum absolute atomic E-state index is 11.4. The first-order valence-electron chi connectivity index (χ1n) is 9.23. The number of nitrogens with one attached hydrogen (secondary N) is 2. The van der Waals surface area contributed by atoms with Gasteiger partial charge < -0.3 is 20.1 Å². The molecule has 0 bridgehead atoms. The van der Waals surface area contributed by atoms with Crippen molar-refractivity contribution in [1.82, 2.24) is 15.0 Å². The molecule has 0 aliphatic carbocycles. The molecule has 3 heterocycles. The van der Waals surface area contributed by atoms with Crippen LogP contribution < -0.4 is 15.4 Å². The first-order valence-corrected chi connectivity index (χ1v) is 10.5. The molecule has 9 heteroatoms. The van der Waals surface area contributed by atoms with Crippen LogP contribution in [0.5, 0.6) is 5.75 Å². The van der Waals surface area contributed by atoms with Crippen molar-refractivity contribution in [2.24, 2.45) is 0 Å². The monoisotopic (exact) mass is 425 g/mol. The molecular weight excluding hydrogens is 402 g/mol. The van der Waals surface area contributed by atoms with Crippen molar-refractivity contribution in [3.8, 4) is 17.0 Å². The highest BCUT2D eigenvalue weighted by atomic mass is 32.2. The highest BCUT2D eigenvalue weighted by Gasteiger charge is 2.11. The largest absolute Gasteiger partial charge is 0.490 e. The Morgan fingerprint density at radius 3 is 2.67 bits per heavy atom. The summed E-state index contributed by atoms with van der Waals surface area (Å²) < 4.78 is 10.6. The summed E-state index contributed by atoms with van der Waals surface area (Å²) in [6, 6.07) is 11.2. The summed E-state index contributed by atoms with van der Waals surface area (Å²) in [7, 11) is 1.63. The van der Waals surface area contributed by atoms with E-state index in [0.717, 1.165) is 16.3 Å². The lowest BCUT2D eigenvalue weighted by Gasteiger charge is -2.14. The van der Waals surface area contributed by atoms with Crippen LogP contribution in [0.4, 0.5) is 17.3 Å². The molecule has 3 aromatic heterocycles. The Morgan fingerprint density at radius 2 is 1.97 bits per heavy atom. The number of methoxy groups -OCH3 is 1. The molecule has 8 nitrogen and oxygen atoms in total. The molecule has 0 radical (unpaired) electrons. The number of thioether (sulfide) groups is 1. The fourth-order valence-corrected chi connectivity index (χ4v) is 3.02. The molecule has 3 aromatic rings. The van der Waals surface area contributed by atoms with Crippen LogP contribution in [0.1, 0.15) is 6.92 Å². The molecule has 0 atom stereocenters. The van der Waals surface area contributed by atoms with E-state index in [1.54, 1.807) is 37.3 Å². The van der Waals surface area contributed by atoms with Crippen molar-refractivity contribution in [3.05, 3.63) is 48.8 Å². The summed E-state index contributed by atoms with van der Waals surface area (Å²) >= 11 is 1.56. The number of aromatic nitrogens is 3. The molecule has 30 heavy (non-hydrogen) atoms. The predicted octanol–water partition coefficient (Wildman–Crippen LogP) is 3.99. The van der Waals surface area contributed by atoms with Gasteiger partial charge in [0.05, 0.1) is 29.2 Å². The molecule has 0 saturated heterocycles. The van der Waals surface area contributed by atoms with E-state index in [9.17, 15) is 4.79 Å². The first-order chi connectivity index (χ1) is 14.6. The number of carbonyl (C=O) groups excluding carboxylic acids is 1. The highest BCUT2D eigenvalue weighted by molar-refractivity contribution is 7.98. The van der Waals surface area contributed by atoms with Gasteiger partial charge in [-0.05, 0) is 30.5 Å². The number of rotatable bonds is 9. The van der Waals surface area contributed by atoms with Crippen LogP contribution in [0.15, 0.2) is 53.8 Å². The summed E-state index contributed by atoms with van der Waals surface area (Å²) in [4.78, 5) is 24.8. The molecule has 0 saturated carbocycles. The third-order valence-corrected chi connectivity index (χ3v) is 4.62. The Kier molecular flexibility index (Phi) is 7.58. The number of anilines is 3. The van der Waals surface area contributed by atoms with E-state index in [4.69, 9.17) is 9.47 Å². The topological polar surface area (TPSA) is 98.3 Å². The van der Waals surface area contributed by atoms with E-state index in [1.165, 1.54) is 6.92 Å². The van der Waals surface area contributed by atoms with Crippen LogP contribution >= 0.6 is 11.8 Å². The van der Waals surface area contributed by atoms with Gasteiger partial charge in [-0.2, -0.15) is 0 Å². The second-order valence-corrected chi connectivity index (χ2v) is 7.03. The lowest BCUT2D eigenvalue weighted by molar-refractivity contribution is -0.114. The Bertz CT molecular complexity index is 998. The number of hydrogen-bond donors (Lipinski definition) is 2. The van der Waals surface area contributed by atoms with Crippen LogP contribution in [0.3, 0.4) is 0 Å². The van der Waals surface area contributed by atoms with Crippen molar-refractivity contribution < 1.29 is 14.3 Å². The van der Waals surface area contributed by atoms with Crippen molar-refractivity contribution in [2.75, 3.05) is 37.2 Å². The van der Waals surface area contributed by atoms with E-state index < -0.39 is 0 Å². The first kappa shape index (κ1) is 21.5. The summed E-state index contributed by atoms with van der Waals surface area (Å²) in [6.07, 6.45) is 5.29. The average molecular weight is 426 g/mol. The maximum atomic E-state index is 11.4. The maximum Gasteiger partial charge on any atom is 0.222 e. The van der Waals surface area contributed by atoms with E-state index in [0.29, 0.717) is 36.3 Å². The van der Waals surface area contributed by atoms with Gasteiger partial charge in [0.25, 0.3) is 0 Å². The predicted molar refractivity (Wildman–Crippen MR) is 118 cm³/mol. The molecule has 0 aliphatic heterocycles. The SMILES string of the molecule is COCCOc1ccc(-c2cnc(NC(C)=O)cc2Nc2cccc(SC)n2)nc1. The summed E-state index contributed by atoms with van der Waals surface area (Å²) in [5.41, 5.74) is 2.20. The van der Waals surface area contributed by atoms with Gasteiger partial charge in [-0.1, -0.05) is 6.07 Å². The fourth-order valence-electron chi connectivity index (χ4n) is 2.62. The third-order valence-electron chi connectivity index (χ3n) is 3.97. The summed E-state index contributed by atoms with van der Waals surface area (Å²) in [6.45, 7) is 2.40. The van der Waals surface area contributed by atoms with Crippen molar-refractivity contribution in [3.63, 3.8) is 0 Å². The fraction of sp³-hybridized carbons (Fsp3) is 0.238. The van der Waals surface area contributed by atoms with Crippen LogP contribution in [-0.4, -0.2) is 47.4 Å². The number of pyridine rings is 3. The molecule has 156 valence electrons. The van der Waals surface area contributed by atoms with Gasteiger partial charge in [-0.25, -0.2) is 9.97 Å². The van der Waals surface area contributed by atoms with Crippen LogP contribution in [0.25, 0.3) is 11.3 Å². The van der Waals surface area contributed by atoms with E-state index >= 15 is 0 Å². The molecule has 1 amide bonds. The van der Waals surface area contributed by atoms with Crippen molar-refractivity contribution in [1.29, 1.82) is 0 Å². The highest BCUT2D eigenvalue weighted by Crippen LogP contribution is 2.31. The Morgan fingerprint density at radius 1 is 1.10 bits per heavy atom. The molecule has 0 fully saturated rings. The smallest absolute Gasteiger partial charge is 0.222 e. The van der Waals surface area contributed by atoms with Gasteiger partial charge >= 0.3 is 0 Å². The molecule has 0 aromatic carbocycles. The van der Waals surface area contributed by atoms with Gasteiger partial charge in [0.2, 0.25) is 5.91 Å². The number of amides is 1. The normalized spacial score (nSPS) is 10.5. The van der Waals surface area contributed by atoms with Crippen LogP contribution in [-0.2, 0) is 9.53 Å². The standard InChI is InChI=1S/C21H23N5O3S/c1-14(27)24-20-11-18(25-19-5-4-6-21(26-19)30-3)16(13-23-20)17-8-7-15(12-22-17)29-10-9-28-2/h4-8,11-13H,9-10H2,1-3H3,(H2,23,24,25,26,27). The minimum Gasteiger partial charge on any atom is -0.490 e. The zero-order valence-corrected chi connectivity index (χ0v) is 17.8. The van der Waals surface area contributed by atoms with Gasteiger partial charge in [0, 0.05) is 31.9 Å². The van der Waals surface area contributed by atoms with Gasteiger partial charge in [0.15, 0.2) is 0 Å². The summed E-state index contributed by atoms with van der Waals surface area (Å²) in [5, 5.41) is 6.91. The zero-order valence-electron chi connectivity index (χ0n) is 17.0. The molecule has 0 aliphatic rings. The van der Waals surface area contributed by atoms with Gasteiger partial charge in [-0.15, -0.1) is 11.8 Å². The second kappa shape index (κ2) is 10.6. The Balaban J connectivity index is 1.91. The average Bonchev–Trinajstić information content (AvgIpc) is 2.74. The molecule has 3 rings (SSSR count). The number of ether oxygens (including phenoxy) is 2. The number of nitrogens with zero attached hydrogens (tertiary/aromatic N) is 3. The quantitative estimate of drug-likeness (QED) is 0.392. The third kappa shape index (κ3) is 5.91. The van der Waals surface area contributed by atoms with Crippen LogP contribution in [0, 0.1) is 0 Å². The molecule has 0 spiro atoms. The molecular formula is C21H23N5O3S. The minimum absolute atomic E-state index is 0.195. The van der Waals surface area contributed by atoms with Gasteiger partial charge in [0.1, 0.15) is 24.0 Å². The van der Waals surface area contributed by atoms with Crippen molar-refractivity contribution >= 4 is 35.0 Å². The molecule has 0 unspecified atom stereocenters. The Hall–Kier alpha value is -3.17. The zero-order chi connectivity index (χ0) is 21.3. The lowest BCUT2D eigenvalue weighted by atomic mass is 10.1. The Labute approximate surface area is 179 Å². The van der Waals surface area contributed by atoms with Gasteiger partial charge in [-0.3, -0.25) is 9.78 Å². The lowest BCUT2D eigenvalue weighted by Crippen LogP contribution is -2.08. The van der Waals surface area contributed by atoms with E-state index in [1.807, 2.05) is 36.6 Å². The number of hydrogen-bond acceptors (Lipinski definition) is 8. The number of carbonyl (C=O) groups is 1. The van der Waals surface area contributed by atoms with E-state index in [-0.39, 0.29) is 5.91 Å². The minimum atomic E-state index is -0.195.